The van der Waals surface area contributed by atoms with E-state index in [4.69, 9.17) is 14.2 Å². The number of pyridine rings is 1. The monoisotopic (exact) mass is 412 g/mol. The van der Waals surface area contributed by atoms with Gasteiger partial charge in [-0.3, -0.25) is 9.59 Å². The number of amides is 1. The summed E-state index contributed by atoms with van der Waals surface area (Å²) in [5.41, 5.74) is 1.58. The molecule has 1 fully saturated rings. The Morgan fingerprint density at radius 3 is 2.97 bits per heavy atom. The molecule has 1 aromatic heterocycles. The van der Waals surface area contributed by atoms with E-state index in [0.717, 1.165) is 18.4 Å². The van der Waals surface area contributed by atoms with Crippen LogP contribution in [0.2, 0.25) is 0 Å². The molecule has 0 saturated carbocycles. The van der Waals surface area contributed by atoms with Crippen molar-refractivity contribution < 1.29 is 28.2 Å². The maximum Gasteiger partial charge on any atom is 0.256 e. The molecular formula is C22H21FN2O5. The van der Waals surface area contributed by atoms with Crippen LogP contribution in [0.3, 0.4) is 0 Å². The van der Waals surface area contributed by atoms with Gasteiger partial charge < -0.3 is 19.1 Å². The number of halogens is 1. The van der Waals surface area contributed by atoms with E-state index in [0.29, 0.717) is 49.2 Å². The molecule has 1 amide bonds. The molecule has 0 aliphatic carbocycles. The first kappa shape index (κ1) is 18.8. The van der Waals surface area contributed by atoms with Crippen molar-refractivity contribution in [2.75, 3.05) is 32.9 Å². The van der Waals surface area contributed by atoms with Gasteiger partial charge in [0.1, 0.15) is 23.9 Å². The molecule has 30 heavy (non-hydrogen) atoms. The lowest BCUT2D eigenvalue weighted by Gasteiger charge is -2.39. The number of carbonyl (C=O) groups is 2. The Kier molecular flexibility index (Phi) is 4.77. The summed E-state index contributed by atoms with van der Waals surface area (Å²) >= 11 is 0. The van der Waals surface area contributed by atoms with Crippen molar-refractivity contribution in [2.24, 2.45) is 5.92 Å². The highest BCUT2D eigenvalue weighted by molar-refractivity contribution is 5.96. The van der Waals surface area contributed by atoms with Gasteiger partial charge in [0, 0.05) is 42.6 Å². The van der Waals surface area contributed by atoms with E-state index in [-0.39, 0.29) is 36.2 Å². The predicted octanol–water partition coefficient (Wildman–Crippen LogP) is 2.20. The second kappa shape index (κ2) is 7.59. The molecule has 3 aliphatic heterocycles. The quantitative estimate of drug-likeness (QED) is 0.766. The van der Waals surface area contributed by atoms with E-state index in [1.54, 1.807) is 11.1 Å². The van der Waals surface area contributed by atoms with E-state index in [1.807, 2.05) is 6.07 Å². The van der Waals surface area contributed by atoms with Gasteiger partial charge in [-0.15, -0.1) is 0 Å². The fraction of sp³-hybridized carbons (Fsp3) is 0.409. The van der Waals surface area contributed by atoms with Crippen LogP contribution in [0.1, 0.15) is 27.9 Å². The largest absolute Gasteiger partial charge is 0.492 e. The lowest BCUT2D eigenvalue weighted by molar-refractivity contribution is -0.121. The molecule has 156 valence electrons. The highest BCUT2D eigenvalue weighted by atomic mass is 19.1. The number of carbonyl (C=O) groups excluding carboxylic acids is 2. The smallest absolute Gasteiger partial charge is 0.256 e. The second-order valence-corrected chi connectivity index (χ2v) is 7.92. The fourth-order valence-corrected chi connectivity index (χ4v) is 3.98. The number of aromatic nitrogens is 1. The van der Waals surface area contributed by atoms with E-state index in [1.165, 1.54) is 12.1 Å². The molecule has 5 rings (SSSR count). The van der Waals surface area contributed by atoms with Crippen LogP contribution in [0.15, 0.2) is 24.4 Å². The van der Waals surface area contributed by atoms with Crippen molar-refractivity contribution in [3.8, 4) is 17.4 Å². The minimum Gasteiger partial charge on any atom is -0.492 e. The number of hydrogen-bond acceptors (Lipinski definition) is 6. The third-order valence-electron chi connectivity index (χ3n) is 5.62. The third-order valence-corrected chi connectivity index (χ3v) is 5.62. The number of nitrogens with zero attached hydrogens (tertiary/aromatic N) is 2. The molecule has 1 saturated heterocycles. The van der Waals surface area contributed by atoms with E-state index in [9.17, 15) is 14.0 Å². The summed E-state index contributed by atoms with van der Waals surface area (Å²) in [5.74, 6) is 0.779. The van der Waals surface area contributed by atoms with Crippen molar-refractivity contribution in [1.82, 2.24) is 9.88 Å². The van der Waals surface area contributed by atoms with Crippen molar-refractivity contribution in [2.45, 2.75) is 19.3 Å². The Bertz CT molecular complexity index is 1020. The summed E-state index contributed by atoms with van der Waals surface area (Å²) in [6, 6.07) is 4.59. The Morgan fingerprint density at radius 2 is 2.10 bits per heavy atom. The van der Waals surface area contributed by atoms with Crippen LogP contribution in [0, 0.1) is 11.7 Å². The van der Waals surface area contributed by atoms with Gasteiger partial charge in [-0.05, 0) is 25.0 Å². The number of fused-ring (bicyclic) bond motifs is 2. The highest BCUT2D eigenvalue weighted by Crippen LogP contribution is 2.30. The number of benzene rings is 1. The maximum absolute atomic E-state index is 14.4. The van der Waals surface area contributed by atoms with Gasteiger partial charge in [0.15, 0.2) is 5.78 Å². The summed E-state index contributed by atoms with van der Waals surface area (Å²) in [4.78, 5) is 30.1. The molecule has 0 bridgehead atoms. The zero-order chi connectivity index (χ0) is 20.7. The molecule has 7 nitrogen and oxygen atoms in total. The lowest BCUT2D eigenvalue weighted by atomic mass is 9.97. The molecule has 0 N–H and O–H groups in total. The number of Topliss-reactive ketones (excluding diaryl/α,β-unsaturated/α-hetero) is 1. The van der Waals surface area contributed by atoms with Gasteiger partial charge in [0.05, 0.1) is 25.0 Å². The Balaban J connectivity index is 1.18. The zero-order valence-corrected chi connectivity index (χ0v) is 16.4. The van der Waals surface area contributed by atoms with Gasteiger partial charge >= 0.3 is 0 Å². The summed E-state index contributed by atoms with van der Waals surface area (Å²) < 4.78 is 31.0. The summed E-state index contributed by atoms with van der Waals surface area (Å²) in [6.07, 6.45) is 3.70. The number of ether oxygens (including phenoxy) is 3. The van der Waals surface area contributed by atoms with Crippen molar-refractivity contribution in [3.05, 3.63) is 46.9 Å². The van der Waals surface area contributed by atoms with Crippen molar-refractivity contribution in [3.63, 3.8) is 0 Å². The highest BCUT2D eigenvalue weighted by Gasteiger charge is 2.34. The Morgan fingerprint density at radius 1 is 1.23 bits per heavy atom. The SMILES string of the molecule is O=C1COc2cc(F)c(C(=O)N3CC(COc4cnc5c(c4)CCCO5)C3)cc2C1. The van der Waals surface area contributed by atoms with Crippen molar-refractivity contribution in [1.29, 1.82) is 0 Å². The van der Waals surface area contributed by atoms with Crippen LogP contribution in [-0.2, 0) is 17.6 Å². The second-order valence-electron chi connectivity index (χ2n) is 7.92. The minimum absolute atomic E-state index is 0.0229. The first-order chi connectivity index (χ1) is 14.6. The first-order valence-electron chi connectivity index (χ1n) is 10.1. The number of likely N-dealkylation sites (tertiary alicyclic amines) is 1. The summed E-state index contributed by atoms with van der Waals surface area (Å²) in [6.45, 7) is 2.08. The van der Waals surface area contributed by atoms with Crippen LogP contribution in [0.4, 0.5) is 4.39 Å². The van der Waals surface area contributed by atoms with E-state index in [2.05, 4.69) is 4.98 Å². The molecule has 0 spiro atoms. The molecule has 2 aromatic rings. The number of ketones is 1. The van der Waals surface area contributed by atoms with Gasteiger partial charge in [0.2, 0.25) is 5.88 Å². The van der Waals surface area contributed by atoms with Crippen molar-refractivity contribution >= 4 is 11.7 Å². The van der Waals surface area contributed by atoms with Gasteiger partial charge in [-0.25, -0.2) is 9.37 Å². The molecule has 8 heteroatoms. The minimum atomic E-state index is -0.629. The number of rotatable bonds is 4. The standard InChI is InChI=1S/C22H21FN2O5/c23-19-7-20-15(4-16(26)12-30-20)6-18(19)22(27)25-9-13(10-25)11-29-17-5-14-2-1-3-28-21(14)24-8-17/h5-8,13H,1-4,9-12H2. The Hall–Kier alpha value is -3.16. The van der Waals surface area contributed by atoms with Crippen LogP contribution in [-0.4, -0.2) is 54.5 Å². The van der Waals surface area contributed by atoms with Gasteiger partial charge in [0.25, 0.3) is 5.91 Å². The average molecular weight is 412 g/mol. The fourth-order valence-electron chi connectivity index (χ4n) is 3.98. The molecule has 0 radical (unpaired) electrons. The summed E-state index contributed by atoms with van der Waals surface area (Å²) in [5, 5.41) is 0. The summed E-state index contributed by atoms with van der Waals surface area (Å²) in [7, 11) is 0. The zero-order valence-electron chi connectivity index (χ0n) is 16.4. The van der Waals surface area contributed by atoms with E-state index >= 15 is 0 Å². The van der Waals surface area contributed by atoms with Crippen LogP contribution in [0.5, 0.6) is 17.4 Å². The van der Waals surface area contributed by atoms with Gasteiger partial charge in [-0.2, -0.15) is 0 Å². The van der Waals surface area contributed by atoms with Gasteiger partial charge in [-0.1, -0.05) is 0 Å². The normalized spacial score (nSPS) is 17.9. The van der Waals surface area contributed by atoms with Crippen LogP contribution < -0.4 is 14.2 Å². The Labute approximate surface area is 172 Å². The maximum atomic E-state index is 14.4. The molecule has 4 heterocycles. The number of aryl methyl sites for hydroxylation is 1. The topological polar surface area (TPSA) is 78.0 Å². The first-order valence-corrected chi connectivity index (χ1v) is 10.1. The molecule has 1 aromatic carbocycles. The van der Waals surface area contributed by atoms with E-state index < -0.39 is 5.82 Å². The average Bonchev–Trinajstić information content (AvgIpc) is 2.72. The van der Waals surface area contributed by atoms with Crippen LogP contribution >= 0.6 is 0 Å². The third kappa shape index (κ3) is 3.58. The van der Waals surface area contributed by atoms with Crippen LogP contribution in [0.25, 0.3) is 0 Å². The molecule has 0 atom stereocenters. The predicted molar refractivity (Wildman–Crippen MR) is 104 cm³/mol. The lowest BCUT2D eigenvalue weighted by Crippen LogP contribution is -2.52. The molecular weight excluding hydrogens is 391 g/mol. The molecule has 0 unspecified atom stereocenters. The molecule has 3 aliphatic rings. The number of hydrogen-bond donors (Lipinski definition) is 0.